The number of sulfone groups is 1. The summed E-state index contributed by atoms with van der Waals surface area (Å²) in [5.41, 5.74) is 0. The van der Waals surface area contributed by atoms with Crippen molar-refractivity contribution in [3.05, 3.63) is 0 Å². The lowest BCUT2D eigenvalue weighted by molar-refractivity contribution is -0.352. The van der Waals surface area contributed by atoms with Crippen molar-refractivity contribution in [2.45, 2.75) is 75.2 Å². The van der Waals surface area contributed by atoms with E-state index in [-0.39, 0.29) is 18.4 Å². The Kier molecular flexibility index (Phi) is 8.83. The third kappa shape index (κ3) is 8.02. The van der Waals surface area contributed by atoms with Crippen molar-refractivity contribution in [3.63, 3.8) is 0 Å². The van der Waals surface area contributed by atoms with E-state index in [4.69, 9.17) is 0 Å². The van der Waals surface area contributed by atoms with Crippen molar-refractivity contribution in [1.29, 1.82) is 0 Å². The molecule has 0 aliphatic heterocycles. The molecule has 3 N–H and O–H groups in total. The molecule has 0 aromatic carbocycles. The summed E-state index contributed by atoms with van der Waals surface area (Å²) < 4.78 is 116. The van der Waals surface area contributed by atoms with Gasteiger partial charge < -0.3 is 10.6 Å². The number of rotatable bonds is 14. The van der Waals surface area contributed by atoms with Gasteiger partial charge in [0.05, 0.1) is 24.1 Å². The highest BCUT2D eigenvalue weighted by atomic mass is 32.2. The molecule has 0 spiro atoms. The minimum absolute atomic E-state index is 0.174. The fraction of sp³-hybridized carbons (Fsp3) is 0.842. The number of hydrogen-bond acceptors (Lipinski definition) is 6. The lowest BCUT2D eigenvalue weighted by atomic mass is 10.1. The molecule has 0 heterocycles. The van der Waals surface area contributed by atoms with Gasteiger partial charge in [0.25, 0.3) is 5.91 Å². The average molecular weight is 541 g/mol. The van der Waals surface area contributed by atoms with Crippen molar-refractivity contribution in [3.8, 4) is 0 Å². The Morgan fingerprint density at radius 3 is 1.97 bits per heavy atom. The Morgan fingerprint density at radius 1 is 0.943 bits per heavy atom. The van der Waals surface area contributed by atoms with Gasteiger partial charge in [0.1, 0.15) is 6.04 Å². The molecule has 2 amide bonds. The zero-order chi connectivity index (χ0) is 26.8. The molecule has 2 fully saturated rings. The molecule has 2 rings (SSSR count). The second-order valence-corrected chi connectivity index (χ2v) is 11.0. The van der Waals surface area contributed by atoms with Gasteiger partial charge in [-0.2, -0.15) is 30.7 Å². The van der Waals surface area contributed by atoms with Crippen LogP contribution in [0.4, 0.5) is 30.7 Å². The van der Waals surface area contributed by atoms with Crippen LogP contribution in [0.15, 0.2) is 0 Å². The number of amides is 2. The molecule has 0 unspecified atom stereocenters. The molecule has 8 nitrogen and oxygen atoms in total. The van der Waals surface area contributed by atoms with Gasteiger partial charge in [-0.05, 0) is 38.0 Å². The molecular weight excluding hydrogens is 515 g/mol. The minimum Gasteiger partial charge on any atom is -0.347 e. The molecule has 0 saturated heterocycles. The molecular formula is C19H26F7N3O5S. The summed E-state index contributed by atoms with van der Waals surface area (Å²) in [7, 11) is -4.12. The van der Waals surface area contributed by atoms with E-state index in [9.17, 15) is 53.5 Å². The van der Waals surface area contributed by atoms with Crippen LogP contribution in [-0.4, -0.2) is 80.2 Å². The quantitative estimate of drug-likeness (QED) is 0.226. The van der Waals surface area contributed by atoms with Crippen molar-refractivity contribution in [1.82, 2.24) is 16.0 Å². The maximum Gasteiger partial charge on any atom is 0.459 e. The van der Waals surface area contributed by atoms with Crippen molar-refractivity contribution < 1.29 is 53.5 Å². The van der Waals surface area contributed by atoms with Crippen molar-refractivity contribution in [2.75, 3.05) is 18.1 Å². The molecule has 0 bridgehead atoms. The van der Waals surface area contributed by atoms with Crippen LogP contribution in [0.5, 0.6) is 0 Å². The first kappa shape index (κ1) is 29.3. The molecule has 35 heavy (non-hydrogen) atoms. The topological polar surface area (TPSA) is 121 Å². The maximum absolute atomic E-state index is 13.7. The summed E-state index contributed by atoms with van der Waals surface area (Å²) in [5.74, 6) is -17.6. The SMILES string of the molecule is CC[C@H](NC(=O)[C@H](CS(=O)(=O)CC1CC1)NCC(F)(F)C(F)(F)C(F)(F)F)C(=O)C(=O)NC1CC1. The third-order valence-corrected chi connectivity index (χ3v) is 7.31. The molecule has 16 heteroatoms. The molecule has 202 valence electrons. The minimum atomic E-state index is -6.61. The van der Waals surface area contributed by atoms with Gasteiger partial charge in [-0.15, -0.1) is 0 Å². The van der Waals surface area contributed by atoms with Crippen LogP contribution in [0.2, 0.25) is 0 Å². The fourth-order valence-electron chi connectivity index (χ4n) is 3.03. The summed E-state index contributed by atoms with van der Waals surface area (Å²) in [4.78, 5) is 36.9. The van der Waals surface area contributed by atoms with Gasteiger partial charge in [0, 0.05) is 6.04 Å². The number of hydrogen-bond donors (Lipinski definition) is 3. The Labute approximate surface area is 196 Å². The zero-order valence-electron chi connectivity index (χ0n) is 18.6. The summed E-state index contributed by atoms with van der Waals surface area (Å²) in [6, 6.07) is -3.91. The second kappa shape index (κ2) is 10.6. The Hall–Kier alpha value is -1.97. The second-order valence-electron chi connectivity index (χ2n) is 8.81. The third-order valence-electron chi connectivity index (χ3n) is 5.49. The molecule has 0 aromatic heterocycles. The standard InChI is InChI=1S/C19H26F7N3O5S/c1-2-12(14(30)16(32)28-11-5-6-11)29-15(31)13(8-35(33,34)7-10-3-4-10)27-9-17(20,21)18(22,23)19(24,25)26/h10-13,27H,2-9H2,1H3,(H,28,32)(H,29,31)/t12-,13-/m0/s1. The van der Waals surface area contributed by atoms with Gasteiger partial charge in [0.2, 0.25) is 11.7 Å². The predicted octanol–water partition coefficient (Wildman–Crippen LogP) is 1.34. The van der Waals surface area contributed by atoms with E-state index in [1.54, 1.807) is 0 Å². The molecule has 0 aromatic rings. The van der Waals surface area contributed by atoms with Crippen LogP contribution < -0.4 is 16.0 Å². The first-order chi connectivity index (χ1) is 15.9. The number of carbonyl (C=O) groups excluding carboxylic acids is 3. The molecule has 2 saturated carbocycles. The lowest BCUT2D eigenvalue weighted by Gasteiger charge is -2.30. The van der Waals surface area contributed by atoms with Crippen molar-refractivity contribution >= 4 is 27.4 Å². The molecule has 2 aliphatic rings. The number of alkyl halides is 7. The lowest BCUT2D eigenvalue weighted by Crippen LogP contribution is -2.60. The summed E-state index contributed by atoms with van der Waals surface area (Å²) in [5, 5.41) is 5.87. The maximum atomic E-state index is 13.7. The van der Waals surface area contributed by atoms with E-state index in [1.165, 1.54) is 12.2 Å². The highest BCUT2D eigenvalue weighted by Crippen LogP contribution is 2.46. The van der Waals surface area contributed by atoms with Crippen LogP contribution in [0, 0.1) is 5.92 Å². The van der Waals surface area contributed by atoms with Crippen LogP contribution >= 0.6 is 0 Å². The van der Waals surface area contributed by atoms with Gasteiger partial charge >= 0.3 is 18.0 Å². The van der Waals surface area contributed by atoms with E-state index in [1.807, 2.05) is 5.32 Å². The normalized spacial score (nSPS) is 19.1. The fourth-order valence-corrected chi connectivity index (χ4v) is 5.00. The Bertz CT molecular complexity index is 918. The van der Waals surface area contributed by atoms with Crippen LogP contribution in [0.3, 0.4) is 0 Å². The highest BCUT2D eigenvalue weighted by Gasteiger charge is 2.72. The molecule has 2 aliphatic carbocycles. The van der Waals surface area contributed by atoms with Crippen LogP contribution in [-0.2, 0) is 24.2 Å². The van der Waals surface area contributed by atoms with E-state index in [0.717, 1.165) is 0 Å². The monoisotopic (exact) mass is 541 g/mol. The van der Waals surface area contributed by atoms with Crippen LogP contribution in [0.25, 0.3) is 0 Å². The van der Waals surface area contributed by atoms with E-state index >= 15 is 0 Å². The van der Waals surface area contributed by atoms with Crippen LogP contribution in [0.1, 0.15) is 39.0 Å². The number of carbonyl (C=O) groups is 3. The predicted molar refractivity (Wildman–Crippen MR) is 108 cm³/mol. The number of nitrogens with one attached hydrogen (secondary N) is 3. The van der Waals surface area contributed by atoms with Gasteiger partial charge in [-0.1, -0.05) is 6.92 Å². The van der Waals surface area contributed by atoms with Gasteiger partial charge in [-0.25, -0.2) is 8.42 Å². The first-order valence-corrected chi connectivity index (χ1v) is 12.6. The van der Waals surface area contributed by atoms with E-state index < -0.39 is 75.6 Å². The Morgan fingerprint density at radius 2 is 1.51 bits per heavy atom. The summed E-state index contributed by atoms with van der Waals surface area (Å²) in [6.07, 6.45) is -4.38. The number of ketones is 1. The van der Waals surface area contributed by atoms with E-state index in [2.05, 4.69) is 5.32 Å². The summed E-state index contributed by atoms with van der Waals surface area (Å²) in [6.45, 7) is -1.01. The van der Waals surface area contributed by atoms with Gasteiger partial charge in [-0.3, -0.25) is 19.7 Å². The van der Waals surface area contributed by atoms with Crippen molar-refractivity contribution in [2.24, 2.45) is 5.92 Å². The number of halogens is 7. The Balaban J connectivity index is 2.16. The van der Waals surface area contributed by atoms with Gasteiger partial charge in [0.15, 0.2) is 9.84 Å². The number of Topliss-reactive ketones (excluding diaryl/α,β-unsaturated/α-hetero) is 1. The smallest absolute Gasteiger partial charge is 0.347 e. The molecule has 2 atom stereocenters. The average Bonchev–Trinajstić information content (AvgIpc) is 3.65. The first-order valence-electron chi connectivity index (χ1n) is 10.8. The molecule has 0 radical (unpaired) electrons. The summed E-state index contributed by atoms with van der Waals surface area (Å²) >= 11 is 0. The van der Waals surface area contributed by atoms with E-state index in [0.29, 0.717) is 25.7 Å². The highest BCUT2D eigenvalue weighted by molar-refractivity contribution is 7.91. The zero-order valence-corrected chi connectivity index (χ0v) is 19.4. The largest absolute Gasteiger partial charge is 0.459 e.